The molecule has 0 spiro atoms. The Morgan fingerprint density at radius 2 is 1.41 bits per heavy atom. The lowest BCUT2D eigenvalue weighted by molar-refractivity contribution is -0.147. The van der Waals surface area contributed by atoms with Gasteiger partial charge in [0.1, 0.15) is 12.6 Å². The molecule has 3 aromatic rings. The Morgan fingerprint density at radius 3 is 2.00 bits per heavy atom. The average Bonchev–Trinajstić information content (AvgIpc) is 2.84. The monoisotopic (exact) mass is 562 g/mol. The minimum atomic E-state index is -0.984. The number of nitrogens with one attached hydrogen (secondary N) is 2. The number of anilines is 1. The van der Waals surface area contributed by atoms with E-state index in [0.29, 0.717) is 11.3 Å². The third-order valence-electron chi connectivity index (χ3n) is 5.41. The number of hydrogen-bond acceptors (Lipinski definition) is 5. The van der Waals surface area contributed by atoms with Gasteiger partial charge in [-0.3, -0.25) is 9.59 Å². The maximum atomic E-state index is 13.0. The van der Waals surface area contributed by atoms with Gasteiger partial charge in [-0.25, -0.2) is 4.79 Å². The molecule has 0 heterocycles. The van der Waals surface area contributed by atoms with Gasteiger partial charge in [0.15, 0.2) is 0 Å². The highest BCUT2D eigenvalue weighted by molar-refractivity contribution is 6.40. The molecule has 0 saturated heterocycles. The Bertz CT molecular complexity index is 1240. The Hall–Kier alpha value is -3.10. The highest BCUT2D eigenvalue weighted by Gasteiger charge is 2.25. The lowest BCUT2D eigenvalue weighted by Crippen LogP contribution is -2.44. The van der Waals surface area contributed by atoms with Crippen molar-refractivity contribution in [1.82, 2.24) is 5.32 Å². The van der Waals surface area contributed by atoms with Crippen molar-refractivity contribution in [3.05, 3.63) is 98.0 Å². The standard InChI is InChI=1S/C27H25Cl3N2O5/c1-16-5-3-6-19(28)23(16)25(33)32-22(27(35)37-14-13-36-2)15-17-9-11-18(12-10-17)31-26(34)24-20(29)7-4-8-21(24)30/h3-12,22H,13-15H2,1-2H3,(H,31,34)(H,32,33). The van der Waals surface area contributed by atoms with Gasteiger partial charge in [0.05, 0.1) is 32.8 Å². The van der Waals surface area contributed by atoms with Crippen molar-refractivity contribution in [2.45, 2.75) is 19.4 Å². The second kappa shape index (κ2) is 13.4. The van der Waals surface area contributed by atoms with E-state index in [-0.39, 0.29) is 45.8 Å². The minimum absolute atomic E-state index is 0.0440. The van der Waals surface area contributed by atoms with E-state index in [1.54, 1.807) is 67.6 Å². The van der Waals surface area contributed by atoms with Crippen LogP contribution in [0, 0.1) is 6.92 Å². The maximum Gasteiger partial charge on any atom is 0.329 e. The van der Waals surface area contributed by atoms with Crippen LogP contribution in [-0.4, -0.2) is 44.1 Å². The van der Waals surface area contributed by atoms with Crippen LogP contribution >= 0.6 is 34.8 Å². The molecule has 0 fully saturated rings. The predicted octanol–water partition coefficient (Wildman–Crippen LogP) is 5.74. The highest BCUT2D eigenvalue weighted by atomic mass is 35.5. The molecule has 0 aliphatic rings. The van der Waals surface area contributed by atoms with Crippen molar-refractivity contribution < 1.29 is 23.9 Å². The minimum Gasteiger partial charge on any atom is -0.462 e. The molecule has 3 aromatic carbocycles. The molecular weight excluding hydrogens is 539 g/mol. The largest absolute Gasteiger partial charge is 0.462 e. The van der Waals surface area contributed by atoms with Crippen molar-refractivity contribution in [3.63, 3.8) is 0 Å². The molecule has 7 nitrogen and oxygen atoms in total. The SMILES string of the molecule is COCCOC(=O)C(Cc1ccc(NC(=O)c2c(Cl)cccc2Cl)cc1)NC(=O)c1c(C)cccc1Cl. The Morgan fingerprint density at radius 1 is 0.811 bits per heavy atom. The van der Waals surface area contributed by atoms with Gasteiger partial charge in [0.2, 0.25) is 0 Å². The second-order valence-electron chi connectivity index (χ2n) is 8.07. The summed E-state index contributed by atoms with van der Waals surface area (Å²) in [6.45, 7) is 2.03. The third-order valence-corrected chi connectivity index (χ3v) is 6.36. The summed E-state index contributed by atoms with van der Waals surface area (Å²) in [7, 11) is 1.49. The molecule has 0 aliphatic carbocycles. The van der Waals surface area contributed by atoms with Crippen LogP contribution < -0.4 is 10.6 Å². The number of hydrogen-bond donors (Lipinski definition) is 2. The molecule has 0 bridgehead atoms. The average molecular weight is 564 g/mol. The second-order valence-corrected chi connectivity index (χ2v) is 9.29. The van der Waals surface area contributed by atoms with Gasteiger partial charge in [-0.05, 0) is 48.4 Å². The van der Waals surface area contributed by atoms with Crippen molar-refractivity contribution in [2.75, 3.05) is 25.6 Å². The fraction of sp³-hybridized carbons (Fsp3) is 0.222. The van der Waals surface area contributed by atoms with E-state index in [9.17, 15) is 14.4 Å². The molecule has 1 unspecified atom stereocenters. The lowest BCUT2D eigenvalue weighted by atomic mass is 10.0. The number of methoxy groups -OCH3 is 1. The molecule has 37 heavy (non-hydrogen) atoms. The van der Waals surface area contributed by atoms with E-state index < -0.39 is 23.8 Å². The number of halogens is 3. The first kappa shape index (κ1) is 28.5. The number of carbonyl (C=O) groups excluding carboxylic acids is 3. The molecule has 2 amide bonds. The molecule has 2 N–H and O–H groups in total. The van der Waals surface area contributed by atoms with Crippen LogP contribution in [0.3, 0.4) is 0 Å². The van der Waals surface area contributed by atoms with Crippen LogP contribution in [0.15, 0.2) is 60.7 Å². The normalized spacial score (nSPS) is 11.5. The number of carbonyl (C=O) groups is 3. The van der Waals surface area contributed by atoms with Crippen LogP contribution in [0.1, 0.15) is 31.8 Å². The van der Waals surface area contributed by atoms with Crippen LogP contribution in [0.4, 0.5) is 5.69 Å². The van der Waals surface area contributed by atoms with Gasteiger partial charge in [-0.2, -0.15) is 0 Å². The van der Waals surface area contributed by atoms with Crippen LogP contribution in [-0.2, 0) is 20.7 Å². The number of rotatable bonds is 10. The fourth-order valence-electron chi connectivity index (χ4n) is 3.54. The van der Waals surface area contributed by atoms with Crippen molar-refractivity contribution in [3.8, 4) is 0 Å². The molecule has 0 saturated carbocycles. The number of amides is 2. The topological polar surface area (TPSA) is 93.7 Å². The Kier molecular flexibility index (Phi) is 10.3. The molecule has 1 atom stereocenters. The van der Waals surface area contributed by atoms with Gasteiger partial charge in [0, 0.05) is 19.2 Å². The van der Waals surface area contributed by atoms with E-state index in [0.717, 1.165) is 5.56 Å². The summed E-state index contributed by atoms with van der Waals surface area (Å²) in [6.07, 6.45) is 0.144. The van der Waals surface area contributed by atoms with Gasteiger partial charge in [-0.15, -0.1) is 0 Å². The maximum absolute atomic E-state index is 13.0. The van der Waals surface area contributed by atoms with Crippen LogP contribution in [0.25, 0.3) is 0 Å². The van der Waals surface area contributed by atoms with E-state index in [1.807, 2.05) is 0 Å². The molecule has 0 aliphatic heterocycles. The van der Waals surface area contributed by atoms with Gasteiger partial charge in [-0.1, -0.05) is 65.1 Å². The van der Waals surface area contributed by atoms with Crippen molar-refractivity contribution >= 4 is 58.3 Å². The summed E-state index contributed by atoms with van der Waals surface area (Å²) < 4.78 is 10.2. The number of esters is 1. The lowest BCUT2D eigenvalue weighted by Gasteiger charge is -2.19. The molecule has 0 aromatic heterocycles. The zero-order chi connectivity index (χ0) is 26.9. The van der Waals surface area contributed by atoms with Crippen molar-refractivity contribution in [1.29, 1.82) is 0 Å². The third kappa shape index (κ3) is 7.69. The summed E-state index contributed by atoms with van der Waals surface area (Å²) in [5, 5.41) is 6.23. The molecule has 3 rings (SSSR count). The summed E-state index contributed by atoms with van der Waals surface area (Å²) in [6, 6.07) is 15.7. The van der Waals surface area contributed by atoms with E-state index in [2.05, 4.69) is 10.6 Å². The van der Waals surface area contributed by atoms with Gasteiger partial charge in [0.25, 0.3) is 11.8 Å². The van der Waals surface area contributed by atoms with E-state index >= 15 is 0 Å². The summed E-state index contributed by atoms with van der Waals surface area (Å²) in [5.74, 6) is -1.55. The Balaban J connectivity index is 1.75. The predicted molar refractivity (Wildman–Crippen MR) is 145 cm³/mol. The first-order chi connectivity index (χ1) is 17.7. The molecule has 0 radical (unpaired) electrons. The first-order valence-corrected chi connectivity index (χ1v) is 12.4. The molecule has 194 valence electrons. The number of aryl methyl sites for hydroxylation is 1. The molecule has 10 heteroatoms. The summed E-state index contributed by atoms with van der Waals surface area (Å²) in [4.78, 5) is 38.4. The van der Waals surface area contributed by atoms with E-state index in [1.165, 1.54) is 7.11 Å². The zero-order valence-electron chi connectivity index (χ0n) is 20.1. The quantitative estimate of drug-likeness (QED) is 0.242. The zero-order valence-corrected chi connectivity index (χ0v) is 22.4. The number of benzene rings is 3. The highest BCUT2D eigenvalue weighted by Crippen LogP contribution is 2.25. The smallest absolute Gasteiger partial charge is 0.329 e. The number of ether oxygens (including phenoxy) is 2. The van der Waals surface area contributed by atoms with Gasteiger partial charge >= 0.3 is 5.97 Å². The van der Waals surface area contributed by atoms with Crippen LogP contribution in [0.5, 0.6) is 0 Å². The Labute approximate surface area is 230 Å². The first-order valence-electron chi connectivity index (χ1n) is 11.3. The van der Waals surface area contributed by atoms with Crippen molar-refractivity contribution in [2.24, 2.45) is 0 Å². The van der Waals surface area contributed by atoms with Crippen LogP contribution in [0.2, 0.25) is 15.1 Å². The van der Waals surface area contributed by atoms with E-state index in [4.69, 9.17) is 44.3 Å². The summed E-state index contributed by atoms with van der Waals surface area (Å²) in [5.41, 5.74) is 2.36. The summed E-state index contributed by atoms with van der Waals surface area (Å²) >= 11 is 18.5. The van der Waals surface area contributed by atoms with Gasteiger partial charge < -0.3 is 20.1 Å². The molecular formula is C27H25Cl3N2O5. The fourth-order valence-corrected chi connectivity index (χ4v) is 4.41.